The largest absolute Gasteiger partial charge is 0.350 e. The third-order valence-corrected chi connectivity index (χ3v) is 3.36. The van der Waals surface area contributed by atoms with E-state index in [1.165, 1.54) is 0 Å². The van der Waals surface area contributed by atoms with Crippen LogP contribution in [0.1, 0.15) is 18.9 Å². The van der Waals surface area contributed by atoms with Gasteiger partial charge in [0.15, 0.2) is 0 Å². The van der Waals surface area contributed by atoms with Crippen LogP contribution >= 0.6 is 11.6 Å². The van der Waals surface area contributed by atoms with Crippen LogP contribution in [0.4, 0.5) is 5.69 Å². The van der Waals surface area contributed by atoms with E-state index < -0.39 is 6.04 Å². The number of imide groups is 1. The molecule has 0 saturated carbocycles. The molecule has 1 aromatic rings. The molecule has 0 aromatic heterocycles. The van der Waals surface area contributed by atoms with Gasteiger partial charge in [-0.15, -0.1) is 0 Å². The van der Waals surface area contributed by atoms with Gasteiger partial charge in [-0.3, -0.25) is 14.9 Å². The smallest absolute Gasteiger partial charge is 0.249 e. The molecule has 1 saturated heterocycles. The molecule has 98 valence electrons. The molecule has 1 heterocycles. The second-order valence-electron chi connectivity index (χ2n) is 4.24. The van der Waals surface area contributed by atoms with E-state index in [0.717, 1.165) is 0 Å². The number of nitrogens with one attached hydrogen (secondary N) is 1. The van der Waals surface area contributed by atoms with Gasteiger partial charge >= 0.3 is 0 Å². The fourth-order valence-electron chi connectivity index (χ4n) is 2.12. The first-order valence-electron chi connectivity index (χ1n) is 5.86. The summed E-state index contributed by atoms with van der Waals surface area (Å²) in [6.45, 7) is 1.98. The molecule has 0 radical (unpaired) electrons. The Kier molecular flexibility index (Phi) is 3.72. The number of carbonyl (C=O) groups excluding carboxylic acids is 2. The number of halogens is 1. The highest BCUT2D eigenvalue weighted by molar-refractivity contribution is 6.32. The van der Waals surface area contributed by atoms with Crippen molar-refractivity contribution in [2.24, 2.45) is 0 Å². The van der Waals surface area contributed by atoms with Gasteiger partial charge in [-0.05, 0) is 24.6 Å². The van der Waals surface area contributed by atoms with Crippen molar-refractivity contribution >= 4 is 29.1 Å². The standard InChI is InChI=1S/C13H12ClN3O2/c1-2-11-13(19)16-12(18)7-17(11)9-4-3-8(6-15)10(14)5-9/h3-5,11H,2,7H2,1H3,(H,16,18,19). The van der Waals surface area contributed by atoms with Crippen LogP contribution in [0.3, 0.4) is 0 Å². The van der Waals surface area contributed by atoms with Crippen molar-refractivity contribution in [3.05, 3.63) is 28.8 Å². The first-order chi connectivity index (χ1) is 9.06. The summed E-state index contributed by atoms with van der Waals surface area (Å²) in [5.74, 6) is -0.644. The van der Waals surface area contributed by atoms with Crippen molar-refractivity contribution in [3.63, 3.8) is 0 Å². The number of anilines is 1. The Hall–Kier alpha value is -2.06. The van der Waals surface area contributed by atoms with E-state index in [-0.39, 0.29) is 18.4 Å². The summed E-state index contributed by atoms with van der Waals surface area (Å²) < 4.78 is 0. The van der Waals surface area contributed by atoms with Crippen LogP contribution < -0.4 is 10.2 Å². The number of nitrogens with zero attached hydrogens (tertiary/aromatic N) is 2. The molecule has 1 unspecified atom stereocenters. The van der Waals surface area contributed by atoms with E-state index in [4.69, 9.17) is 16.9 Å². The molecule has 1 atom stereocenters. The van der Waals surface area contributed by atoms with E-state index in [0.29, 0.717) is 22.7 Å². The van der Waals surface area contributed by atoms with Gasteiger partial charge < -0.3 is 4.90 Å². The van der Waals surface area contributed by atoms with Crippen molar-refractivity contribution in [1.29, 1.82) is 5.26 Å². The van der Waals surface area contributed by atoms with Crippen molar-refractivity contribution in [1.82, 2.24) is 5.32 Å². The first kappa shape index (κ1) is 13.4. The Morgan fingerprint density at radius 2 is 2.26 bits per heavy atom. The maximum atomic E-state index is 11.8. The number of benzene rings is 1. The van der Waals surface area contributed by atoms with Crippen LogP contribution in [0.25, 0.3) is 0 Å². The molecule has 1 aliphatic rings. The van der Waals surface area contributed by atoms with Crippen molar-refractivity contribution in [3.8, 4) is 6.07 Å². The molecule has 2 rings (SSSR count). The van der Waals surface area contributed by atoms with Gasteiger partial charge in [0.05, 0.1) is 17.1 Å². The van der Waals surface area contributed by atoms with Gasteiger partial charge in [0.25, 0.3) is 0 Å². The molecule has 2 amide bonds. The summed E-state index contributed by atoms with van der Waals surface area (Å²) in [5.41, 5.74) is 1.03. The predicted octanol–water partition coefficient (Wildman–Crippen LogP) is 1.45. The maximum Gasteiger partial charge on any atom is 0.249 e. The Morgan fingerprint density at radius 1 is 1.53 bits per heavy atom. The normalized spacial score (nSPS) is 19.0. The summed E-state index contributed by atoms with van der Waals surface area (Å²) in [4.78, 5) is 24.9. The highest BCUT2D eigenvalue weighted by Gasteiger charge is 2.32. The molecule has 6 heteroatoms. The van der Waals surface area contributed by atoms with E-state index in [1.807, 2.05) is 13.0 Å². The second kappa shape index (κ2) is 5.29. The third kappa shape index (κ3) is 2.54. The van der Waals surface area contributed by atoms with Gasteiger partial charge in [0.1, 0.15) is 12.1 Å². The van der Waals surface area contributed by atoms with Gasteiger partial charge in [-0.2, -0.15) is 5.26 Å². The molecule has 1 aliphatic heterocycles. The molecule has 1 aromatic carbocycles. The highest BCUT2D eigenvalue weighted by atomic mass is 35.5. The molecular formula is C13H12ClN3O2. The Labute approximate surface area is 115 Å². The number of hydrogen-bond acceptors (Lipinski definition) is 4. The van der Waals surface area contributed by atoms with Gasteiger partial charge in [-0.25, -0.2) is 0 Å². The number of rotatable bonds is 2. The second-order valence-corrected chi connectivity index (χ2v) is 4.65. The molecule has 0 aliphatic carbocycles. The molecule has 5 nitrogen and oxygen atoms in total. The summed E-state index contributed by atoms with van der Waals surface area (Å²) in [7, 11) is 0. The van der Waals surface area contributed by atoms with Crippen molar-refractivity contribution < 1.29 is 9.59 Å². The lowest BCUT2D eigenvalue weighted by Gasteiger charge is -2.35. The minimum absolute atomic E-state index is 0.104. The predicted molar refractivity (Wildman–Crippen MR) is 70.7 cm³/mol. The summed E-state index contributed by atoms with van der Waals surface area (Å²) >= 11 is 5.98. The Bertz CT molecular complexity index is 580. The summed E-state index contributed by atoms with van der Waals surface area (Å²) in [6.07, 6.45) is 0.580. The van der Waals surface area contributed by atoms with Crippen LogP contribution in [0, 0.1) is 11.3 Å². The van der Waals surface area contributed by atoms with Crippen LogP contribution in [-0.4, -0.2) is 24.4 Å². The molecule has 19 heavy (non-hydrogen) atoms. The number of piperazine rings is 1. The summed E-state index contributed by atoms with van der Waals surface area (Å²) in [5, 5.41) is 11.5. The van der Waals surface area contributed by atoms with E-state index in [1.54, 1.807) is 23.1 Å². The van der Waals surface area contributed by atoms with Gasteiger partial charge in [-0.1, -0.05) is 18.5 Å². The van der Waals surface area contributed by atoms with E-state index >= 15 is 0 Å². The monoisotopic (exact) mass is 277 g/mol. The lowest BCUT2D eigenvalue weighted by molar-refractivity contribution is -0.132. The number of nitriles is 1. The molecule has 0 bridgehead atoms. The minimum Gasteiger partial charge on any atom is -0.350 e. The van der Waals surface area contributed by atoms with Gasteiger partial charge in [0.2, 0.25) is 11.8 Å². The fraction of sp³-hybridized carbons (Fsp3) is 0.308. The molecule has 1 fully saturated rings. The lowest BCUT2D eigenvalue weighted by Crippen LogP contribution is -2.58. The van der Waals surface area contributed by atoms with Crippen LogP contribution in [0.5, 0.6) is 0 Å². The minimum atomic E-state index is -0.401. The first-order valence-corrected chi connectivity index (χ1v) is 6.24. The molecular weight excluding hydrogens is 266 g/mol. The zero-order valence-electron chi connectivity index (χ0n) is 10.3. The maximum absolute atomic E-state index is 11.8. The van der Waals surface area contributed by atoms with Crippen molar-refractivity contribution in [2.75, 3.05) is 11.4 Å². The number of carbonyl (C=O) groups is 2. The average molecular weight is 278 g/mol. The number of amides is 2. The zero-order valence-corrected chi connectivity index (χ0v) is 11.1. The highest BCUT2D eigenvalue weighted by Crippen LogP contribution is 2.26. The van der Waals surface area contributed by atoms with Crippen LogP contribution in [0.15, 0.2) is 18.2 Å². The third-order valence-electron chi connectivity index (χ3n) is 3.05. The van der Waals surface area contributed by atoms with Crippen molar-refractivity contribution in [2.45, 2.75) is 19.4 Å². The number of hydrogen-bond donors (Lipinski definition) is 1. The fourth-order valence-corrected chi connectivity index (χ4v) is 2.33. The quantitative estimate of drug-likeness (QED) is 0.831. The lowest BCUT2D eigenvalue weighted by atomic mass is 10.1. The zero-order chi connectivity index (χ0) is 14.0. The SMILES string of the molecule is CCC1C(=O)NC(=O)CN1c1ccc(C#N)c(Cl)c1. The average Bonchev–Trinajstić information content (AvgIpc) is 2.37. The van der Waals surface area contributed by atoms with E-state index in [2.05, 4.69) is 5.32 Å². The van der Waals surface area contributed by atoms with Crippen LogP contribution in [-0.2, 0) is 9.59 Å². The van der Waals surface area contributed by atoms with Crippen LogP contribution in [0.2, 0.25) is 5.02 Å². The molecule has 1 N–H and O–H groups in total. The summed E-state index contributed by atoms with van der Waals surface area (Å²) in [6, 6.07) is 6.45. The molecule has 0 spiro atoms. The Morgan fingerprint density at radius 3 is 2.84 bits per heavy atom. The van der Waals surface area contributed by atoms with Gasteiger partial charge in [0, 0.05) is 5.69 Å². The van der Waals surface area contributed by atoms with E-state index in [9.17, 15) is 9.59 Å². The Balaban J connectivity index is 2.38. The topological polar surface area (TPSA) is 73.2 Å².